The minimum absolute atomic E-state index is 0.814. The summed E-state index contributed by atoms with van der Waals surface area (Å²) in [6.07, 6.45) is 0.941. The van der Waals surface area contributed by atoms with Gasteiger partial charge in [-0.1, -0.05) is 30.3 Å². The van der Waals surface area contributed by atoms with Gasteiger partial charge in [0.1, 0.15) is 0 Å². The molecule has 1 aromatic heterocycles. The molecule has 0 saturated carbocycles. The van der Waals surface area contributed by atoms with Gasteiger partial charge in [0.25, 0.3) is 0 Å². The standard InChI is InChI=1S/C16H16N2/c1-11-15(10-12-6-8-13(17)9-7-12)14-4-2-3-5-16(14)18-11/h2-9,18H,10,17H2,1H3. The van der Waals surface area contributed by atoms with Crippen LogP contribution in [0.3, 0.4) is 0 Å². The van der Waals surface area contributed by atoms with Gasteiger partial charge in [-0.15, -0.1) is 0 Å². The Morgan fingerprint density at radius 2 is 1.72 bits per heavy atom. The van der Waals surface area contributed by atoms with E-state index in [0.717, 1.165) is 12.1 Å². The predicted octanol–water partition coefficient (Wildman–Crippen LogP) is 3.65. The molecular formula is C16H16N2. The Morgan fingerprint density at radius 1 is 1.00 bits per heavy atom. The normalized spacial score (nSPS) is 10.9. The highest BCUT2D eigenvalue weighted by molar-refractivity contribution is 5.84. The molecule has 0 atom stereocenters. The minimum Gasteiger partial charge on any atom is -0.399 e. The molecule has 0 aliphatic rings. The molecule has 0 unspecified atom stereocenters. The van der Waals surface area contributed by atoms with Crippen LogP contribution in [0.1, 0.15) is 16.8 Å². The van der Waals surface area contributed by atoms with Crippen molar-refractivity contribution in [1.82, 2.24) is 4.98 Å². The minimum atomic E-state index is 0.814. The van der Waals surface area contributed by atoms with Crippen LogP contribution >= 0.6 is 0 Å². The summed E-state index contributed by atoms with van der Waals surface area (Å²) < 4.78 is 0. The van der Waals surface area contributed by atoms with Crippen molar-refractivity contribution in [2.45, 2.75) is 13.3 Å². The van der Waals surface area contributed by atoms with Crippen LogP contribution < -0.4 is 5.73 Å². The molecule has 0 bridgehead atoms. The van der Waals surface area contributed by atoms with Gasteiger partial charge in [0.15, 0.2) is 0 Å². The first-order valence-electron chi connectivity index (χ1n) is 6.14. The molecule has 2 aromatic carbocycles. The number of para-hydroxylation sites is 1. The second-order valence-electron chi connectivity index (χ2n) is 4.69. The van der Waals surface area contributed by atoms with Crippen LogP contribution in [0.4, 0.5) is 5.69 Å². The fourth-order valence-corrected chi connectivity index (χ4v) is 2.40. The van der Waals surface area contributed by atoms with Crippen molar-refractivity contribution in [2.24, 2.45) is 0 Å². The largest absolute Gasteiger partial charge is 0.399 e. The second kappa shape index (κ2) is 4.22. The molecule has 0 radical (unpaired) electrons. The van der Waals surface area contributed by atoms with E-state index in [1.54, 1.807) is 0 Å². The fourth-order valence-electron chi connectivity index (χ4n) is 2.40. The van der Waals surface area contributed by atoms with Crippen molar-refractivity contribution >= 4 is 16.6 Å². The molecule has 3 aromatic rings. The van der Waals surface area contributed by atoms with E-state index < -0.39 is 0 Å². The van der Waals surface area contributed by atoms with Crippen LogP contribution in [-0.4, -0.2) is 4.98 Å². The van der Waals surface area contributed by atoms with Crippen molar-refractivity contribution in [3.05, 3.63) is 65.4 Å². The highest BCUT2D eigenvalue weighted by Gasteiger charge is 2.08. The van der Waals surface area contributed by atoms with Gasteiger partial charge >= 0.3 is 0 Å². The first-order valence-corrected chi connectivity index (χ1v) is 6.14. The summed E-state index contributed by atoms with van der Waals surface area (Å²) in [5, 5.41) is 1.31. The number of fused-ring (bicyclic) bond motifs is 1. The molecule has 0 aliphatic heterocycles. The quantitative estimate of drug-likeness (QED) is 0.655. The summed E-state index contributed by atoms with van der Waals surface area (Å²) in [6, 6.07) is 16.5. The van der Waals surface area contributed by atoms with Gasteiger partial charge in [-0.05, 0) is 42.7 Å². The summed E-state index contributed by atoms with van der Waals surface area (Å²) in [4.78, 5) is 3.43. The number of anilines is 1. The van der Waals surface area contributed by atoms with Gasteiger partial charge in [0.2, 0.25) is 0 Å². The Balaban J connectivity index is 2.04. The lowest BCUT2D eigenvalue weighted by Crippen LogP contribution is -1.91. The van der Waals surface area contributed by atoms with Gasteiger partial charge in [0, 0.05) is 22.3 Å². The zero-order valence-corrected chi connectivity index (χ0v) is 10.4. The SMILES string of the molecule is Cc1[nH]c2ccccc2c1Cc1ccc(N)cc1. The summed E-state index contributed by atoms with van der Waals surface area (Å²) in [7, 11) is 0. The Morgan fingerprint density at radius 3 is 2.50 bits per heavy atom. The lowest BCUT2D eigenvalue weighted by Gasteiger charge is -2.03. The first kappa shape index (κ1) is 10.9. The number of rotatable bonds is 2. The zero-order valence-electron chi connectivity index (χ0n) is 10.4. The van der Waals surface area contributed by atoms with Gasteiger partial charge < -0.3 is 10.7 Å². The summed E-state index contributed by atoms with van der Waals surface area (Å²) in [5.41, 5.74) is 11.6. The second-order valence-corrected chi connectivity index (χ2v) is 4.69. The first-order chi connectivity index (χ1) is 8.74. The maximum atomic E-state index is 5.71. The van der Waals surface area contributed by atoms with Crippen LogP contribution in [0.15, 0.2) is 48.5 Å². The lowest BCUT2D eigenvalue weighted by atomic mass is 10.0. The molecular weight excluding hydrogens is 220 g/mol. The topological polar surface area (TPSA) is 41.8 Å². The van der Waals surface area contributed by atoms with Crippen molar-refractivity contribution in [3.63, 3.8) is 0 Å². The van der Waals surface area contributed by atoms with E-state index in [2.05, 4.69) is 48.3 Å². The molecule has 0 amide bonds. The van der Waals surface area contributed by atoms with Crippen LogP contribution in [0.2, 0.25) is 0 Å². The molecule has 2 nitrogen and oxygen atoms in total. The van der Waals surface area contributed by atoms with Crippen LogP contribution in [0.25, 0.3) is 10.9 Å². The van der Waals surface area contributed by atoms with E-state index >= 15 is 0 Å². The van der Waals surface area contributed by atoms with Crippen LogP contribution in [0.5, 0.6) is 0 Å². The van der Waals surface area contributed by atoms with E-state index in [1.165, 1.54) is 27.7 Å². The van der Waals surface area contributed by atoms with Crippen LogP contribution in [0, 0.1) is 6.92 Å². The number of aromatic nitrogens is 1. The average Bonchev–Trinajstić information content (AvgIpc) is 2.69. The molecule has 0 aliphatic carbocycles. The summed E-state index contributed by atoms with van der Waals surface area (Å²) in [5.74, 6) is 0. The molecule has 2 heteroatoms. The molecule has 0 spiro atoms. The number of H-pyrrole nitrogens is 1. The molecule has 3 N–H and O–H groups in total. The van der Waals surface area contributed by atoms with E-state index in [4.69, 9.17) is 5.73 Å². The monoisotopic (exact) mass is 236 g/mol. The number of hydrogen-bond acceptors (Lipinski definition) is 1. The van der Waals surface area contributed by atoms with Gasteiger partial charge in [0.05, 0.1) is 0 Å². The summed E-state index contributed by atoms with van der Waals surface area (Å²) in [6.45, 7) is 2.13. The molecule has 18 heavy (non-hydrogen) atoms. The van der Waals surface area contributed by atoms with Gasteiger partial charge in [-0.3, -0.25) is 0 Å². The third-order valence-electron chi connectivity index (χ3n) is 3.39. The Bertz CT molecular complexity index is 678. The van der Waals surface area contributed by atoms with E-state index in [1.807, 2.05) is 12.1 Å². The van der Waals surface area contributed by atoms with Crippen molar-refractivity contribution in [3.8, 4) is 0 Å². The summed E-state index contributed by atoms with van der Waals surface area (Å²) >= 11 is 0. The zero-order chi connectivity index (χ0) is 12.5. The third-order valence-corrected chi connectivity index (χ3v) is 3.39. The smallest absolute Gasteiger partial charge is 0.0458 e. The maximum Gasteiger partial charge on any atom is 0.0458 e. The molecule has 0 saturated heterocycles. The van der Waals surface area contributed by atoms with Crippen LogP contribution in [-0.2, 0) is 6.42 Å². The third kappa shape index (κ3) is 1.86. The number of hydrogen-bond donors (Lipinski definition) is 2. The molecule has 3 rings (SSSR count). The number of benzene rings is 2. The molecule has 0 fully saturated rings. The van der Waals surface area contributed by atoms with E-state index in [-0.39, 0.29) is 0 Å². The maximum absolute atomic E-state index is 5.71. The fraction of sp³-hybridized carbons (Fsp3) is 0.125. The van der Waals surface area contributed by atoms with E-state index in [0.29, 0.717) is 0 Å². The molecule has 1 heterocycles. The number of nitrogens with one attached hydrogen (secondary N) is 1. The highest BCUT2D eigenvalue weighted by Crippen LogP contribution is 2.24. The van der Waals surface area contributed by atoms with Crippen molar-refractivity contribution in [2.75, 3.05) is 5.73 Å². The Labute approximate surface area is 106 Å². The number of nitrogen functional groups attached to an aromatic ring is 1. The predicted molar refractivity (Wildman–Crippen MR) is 76.7 cm³/mol. The van der Waals surface area contributed by atoms with Gasteiger partial charge in [-0.25, -0.2) is 0 Å². The molecule has 90 valence electrons. The van der Waals surface area contributed by atoms with Crippen molar-refractivity contribution in [1.29, 1.82) is 0 Å². The van der Waals surface area contributed by atoms with Crippen molar-refractivity contribution < 1.29 is 0 Å². The Kier molecular flexibility index (Phi) is 2.56. The van der Waals surface area contributed by atoms with E-state index in [9.17, 15) is 0 Å². The highest BCUT2D eigenvalue weighted by atomic mass is 14.7. The van der Waals surface area contributed by atoms with Gasteiger partial charge in [-0.2, -0.15) is 0 Å². The lowest BCUT2D eigenvalue weighted by molar-refractivity contribution is 1.15. The average molecular weight is 236 g/mol. The number of aromatic amines is 1. The number of nitrogens with two attached hydrogens (primary N) is 1. The number of aryl methyl sites for hydroxylation is 1. The Hall–Kier alpha value is -2.22.